The van der Waals surface area contributed by atoms with Crippen LogP contribution in [0.2, 0.25) is 0 Å². The first-order valence-corrected chi connectivity index (χ1v) is 9.22. The van der Waals surface area contributed by atoms with Gasteiger partial charge in [0.25, 0.3) is 11.8 Å². The van der Waals surface area contributed by atoms with Crippen molar-refractivity contribution in [1.29, 1.82) is 0 Å². The third-order valence-corrected chi connectivity index (χ3v) is 4.47. The largest absolute Gasteiger partial charge is 0.463 e. The van der Waals surface area contributed by atoms with Gasteiger partial charge >= 0.3 is 0 Å². The van der Waals surface area contributed by atoms with Gasteiger partial charge in [-0.3, -0.25) is 20.4 Å². The lowest BCUT2D eigenvalue weighted by Gasteiger charge is -2.11. The Kier molecular flexibility index (Phi) is 5.01. The van der Waals surface area contributed by atoms with Crippen molar-refractivity contribution in [2.24, 2.45) is 0 Å². The van der Waals surface area contributed by atoms with Gasteiger partial charge in [0.1, 0.15) is 11.5 Å². The van der Waals surface area contributed by atoms with Crippen LogP contribution >= 0.6 is 0 Å². The number of aromatic nitrogens is 3. The molecule has 8 nitrogen and oxygen atoms in total. The Bertz CT molecular complexity index is 1210. The molecule has 0 spiro atoms. The summed E-state index contributed by atoms with van der Waals surface area (Å²) in [7, 11) is 0. The second-order valence-electron chi connectivity index (χ2n) is 6.87. The smallest absolute Gasteiger partial charge is 0.270 e. The summed E-state index contributed by atoms with van der Waals surface area (Å²) in [5.74, 6) is -1.08. The summed E-state index contributed by atoms with van der Waals surface area (Å²) in [5.41, 5.74) is 6.19. The number of hydrazine groups is 1. The Labute approximate surface area is 170 Å². The molecule has 0 aliphatic heterocycles. The van der Waals surface area contributed by atoms with E-state index in [2.05, 4.69) is 20.9 Å². The Morgan fingerprint density at radius 2 is 1.83 bits per heavy atom. The molecule has 0 aliphatic rings. The summed E-state index contributed by atoms with van der Waals surface area (Å²) in [5, 5.41) is 4.87. The number of pyridine rings is 1. The molecule has 0 atom stereocenters. The quantitative estimate of drug-likeness (QED) is 0.504. The summed E-state index contributed by atoms with van der Waals surface area (Å²) in [6.07, 6.45) is 3.08. The third-order valence-electron chi connectivity index (χ3n) is 4.47. The molecule has 0 bridgehead atoms. The third kappa shape index (κ3) is 3.64. The molecule has 0 saturated carbocycles. The van der Waals surface area contributed by atoms with Crippen LogP contribution in [0.5, 0.6) is 0 Å². The highest BCUT2D eigenvalue weighted by Crippen LogP contribution is 2.26. The first-order chi connectivity index (χ1) is 14.4. The Morgan fingerprint density at radius 3 is 2.50 bits per heavy atom. The fraction of sp³-hybridized carbons (Fsp3) is 0.143. The monoisotopic (exact) mass is 407 g/mol. The highest BCUT2D eigenvalue weighted by atomic mass is 19.1. The maximum Gasteiger partial charge on any atom is 0.270 e. The van der Waals surface area contributed by atoms with E-state index in [0.29, 0.717) is 22.5 Å². The van der Waals surface area contributed by atoms with Crippen molar-refractivity contribution in [2.75, 3.05) is 0 Å². The minimum absolute atomic E-state index is 0.0240. The number of furan rings is 1. The van der Waals surface area contributed by atoms with Gasteiger partial charge in [0, 0.05) is 11.6 Å². The van der Waals surface area contributed by atoms with Gasteiger partial charge in [-0.15, -0.1) is 0 Å². The van der Waals surface area contributed by atoms with Gasteiger partial charge in [0.05, 0.1) is 23.4 Å². The van der Waals surface area contributed by atoms with Crippen LogP contribution in [-0.2, 0) is 0 Å². The van der Waals surface area contributed by atoms with Gasteiger partial charge in [0.2, 0.25) is 0 Å². The van der Waals surface area contributed by atoms with E-state index < -0.39 is 17.6 Å². The molecule has 0 saturated heterocycles. The second kappa shape index (κ2) is 7.78. The molecule has 2 amide bonds. The highest BCUT2D eigenvalue weighted by molar-refractivity contribution is 6.07. The standard InChI is InChI=1S/C21H18FN5O3/c1-12(2)27-19-16(11-23-27)15(10-17(24-19)18-4-3-9-30-18)21(29)26-25-20(28)13-5-7-14(22)8-6-13/h3-12H,1-2H3,(H,25,28)(H,26,29). The normalized spacial score (nSPS) is 11.1. The van der Waals surface area contributed by atoms with Crippen LogP contribution < -0.4 is 10.9 Å². The molecular formula is C21H18FN5O3. The number of benzene rings is 1. The molecule has 3 aromatic heterocycles. The van der Waals surface area contributed by atoms with Crippen molar-refractivity contribution >= 4 is 22.8 Å². The topological polar surface area (TPSA) is 102 Å². The maximum absolute atomic E-state index is 13.0. The summed E-state index contributed by atoms with van der Waals surface area (Å²) >= 11 is 0. The molecule has 0 fully saturated rings. The minimum atomic E-state index is -0.571. The van der Waals surface area contributed by atoms with Crippen LogP contribution in [0.4, 0.5) is 4.39 Å². The van der Waals surface area contributed by atoms with Gasteiger partial charge in [-0.25, -0.2) is 14.1 Å². The molecule has 0 radical (unpaired) electrons. The van der Waals surface area contributed by atoms with E-state index in [-0.39, 0.29) is 17.2 Å². The molecule has 0 aliphatic carbocycles. The Balaban J connectivity index is 1.66. The van der Waals surface area contributed by atoms with Crippen molar-refractivity contribution in [3.8, 4) is 11.5 Å². The van der Waals surface area contributed by atoms with Crippen molar-refractivity contribution in [3.05, 3.63) is 71.9 Å². The van der Waals surface area contributed by atoms with E-state index in [0.717, 1.165) is 0 Å². The zero-order valence-electron chi connectivity index (χ0n) is 16.2. The number of hydrogen-bond donors (Lipinski definition) is 2. The van der Waals surface area contributed by atoms with Crippen LogP contribution in [0.25, 0.3) is 22.5 Å². The number of halogens is 1. The SMILES string of the molecule is CC(C)n1ncc2c(C(=O)NNC(=O)c3ccc(F)cc3)cc(-c3ccco3)nc21. The van der Waals surface area contributed by atoms with Gasteiger partial charge in [-0.1, -0.05) is 0 Å². The molecule has 1 aromatic carbocycles. The van der Waals surface area contributed by atoms with E-state index in [1.165, 1.54) is 30.5 Å². The number of hydrogen-bond acceptors (Lipinski definition) is 5. The molecule has 0 unspecified atom stereocenters. The molecule has 152 valence electrons. The molecule has 2 N–H and O–H groups in total. The lowest BCUT2D eigenvalue weighted by molar-refractivity contribution is 0.0847. The zero-order valence-corrected chi connectivity index (χ0v) is 16.2. The van der Waals surface area contributed by atoms with E-state index in [1.807, 2.05) is 13.8 Å². The maximum atomic E-state index is 13.0. The van der Waals surface area contributed by atoms with Crippen LogP contribution in [-0.4, -0.2) is 26.6 Å². The summed E-state index contributed by atoms with van der Waals surface area (Å²) < 4.78 is 20.1. The zero-order chi connectivity index (χ0) is 21.3. The van der Waals surface area contributed by atoms with Crippen molar-refractivity contribution < 1.29 is 18.4 Å². The molecule has 4 rings (SSSR count). The van der Waals surface area contributed by atoms with Gasteiger partial charge in [-0.2, -0.15) is 5.10 Å². The first kappa shape index (κ1) is 19.3. The lowest BCUT2D eigenvalue weighted by Crippen LogP contribution is -2.41. The molecule has 9 heteroatoms. The first-order valence-electron chi connectivity index (χ1n) is 9.22. The lowest BCUT2D eigenvalue weighted by atomic mass is 10.1. The van der Waals surface area contributed by atoms with E-state index >= 15 is 0 Å². The predicted molar refractivity (Wildman–Crippen MR) is 107 cm³/mol. The van der Waals surface area contributed by atoms with Crippen LogP contribution in [0.15, 0.2) is 59.3 Å². The predicted octanol–water partition coefficient (Wildman–Crippen LogP) is 3.49. The van der Waals surface area contributed by atoms with Crippen LogP contribution in [0.3, 0.4) is 0 Å². The number of carbonyl (C=O) groups excluding carboxylic acids is 2. The average Bonchev–Trinajstić information content (AvgIpc) is 3.41. The highest BCUT2D eigenvalue weighted by Gasteiger charge is 2.20. The summed E-state index contributed by atoms with van der Waals surface area (Å²) in [4.78, 5) is 29.7. The van der Waals surface area contributed by atoms with Crippen molar-refractivity contribution in [2.45, 2.75) is 19.9 Å². The summed E-state index contributed by atoms with van der Waals surface area (Å²) in [6.45, 7) is 3.91. The fourth-order valence-electron chi connectivity index (χ4n) is 2.99. The number of carbonyl (C=O) groups is 2. The van der Waals surface area contributed by atoms with E-state index in [4.69, 9.17) is 4.42 Å². The van der Waals surface area contributed by atoms with Crippen LogP contribution in [0, 0.1) is 5.82 Å². The second-order valence-corrected chi connectivity index (χ2v) is 6.87. The molecular weight excluding hydrogens is 389 g/mol. The Hall–Kier alpha value is -4.01. The molecule has 30 heavy (non-hydrogen) atoms. The van der Waals surface area contributed by atoms with Gasteiger partial charge in [-0.05, 0) is 56.3 Å². The van der Waals surface area contributed by atoms with Gasteiger partial charge < -0.3 is 4.42 Å². The van der Waals surface area contributed by atoms with Crippen LogP contribution in [0.1, 0.15) is 40.6 Å². The van der Waals surface area contributed by atoms with Gasteiger partial charge in [0.15, 0.2) is 11.4 Å². The van der Waals surface area contributed by atoms with Crippen molar-refractivity contribution in [3.63, 3.8) is 0 Å². The van der Waals surface area contributed by atoms with E-state index in [9.17, 15) is 14.0 Å². The number of fused-ring (bicyclic) bond motifs is 1. The Morgan fingerprint density at radius 1 is 1.10 bits per heavy atom. The molecule has 4 aromatic rings. The number of rotatable bonds is 4. The number of nitrogens with one attached hydrogen (secondary N) is 2. The fourth-order valence-corrected chi connectivity index (χ4v) is 2.99. The average molecular weight is 407 g/mol. The van der Waals surface area contributed by atoms with E-state index in [1.54, 1.807) is 29.1 Å². The number of nitrogens with zero attached hydrogens (tertiary/aromatic N) is 3. The number of amides is 2. The van der Waals surface area contributed by atoms with Crippen molar-refractivity contribution in [1.82, 2.24) is 25.6 Å². The molecule has 3 heterocycles. The summed E-state index contributed by atoms with van der Waals surface area (Å²) in [6, 6.07) is 10.0. The minimum Gasteiger partial charge on any atom is -0.463 e.